The first-order chi connectivity index (χ1) is 7.10. The summed E-state index contributed by atoms with van der Waals surface area (Å²) in [7, 11) is 1.34. The summed E-state index contributed by atoms with van der Waals surface area (Å²) >= 11 is 3.15. The van der Waals surface area contributed by atoms with E-state index in [0.717, 1.165) is 0 Å². The topological polar surface area (TPSA) is 76.2 Å². The number of nitrogens with zero attached hydrogens (tertiary/aromatic N) is 2. The number of nitro benzene ring substituents is 1. The molecular formula is C9H7BrN2O3. The maximum atomic E-state index is 10.7. The molecule has 5 nitrogen and oxygen atoms in total. The van der Waals surface area contributed by atoms with Crippen LogP contribution in [-0.4, -0.2) is 12.0 Å². The van der Waals surface area contributed by atoms with Crippen molar-refractivity contribution in [2.45, 2.75) is 6.42 Å². The number of hydrogen-bond donors (Lipinski definition) is 0. The van der Waals surface area contributed by atoms with E-state index in [1.54, 1.807) is 6.07 Å². The molecule has 1 aromatic carbocycles. The van der Waals surface area contributed by atoms with Gasteiger partial charge in [-0.15, -0.1) is 0 Å². The largest absolute Gasteiger partial charge is 0.490 e. The molecule has 0 aromatic heterocycles. The van der Waals surface area contributed by atoms with Gasteiger partial charge in [-0.2, -0.15) is 5.26 Å². The first-order valence-corrected chi connectivity index (χ1v) is 4.77. The van der Waals surface area contributed by atoms with Crippen molar-refractivity contribution < 1.29 is 9.66 Å². The lowest BCUT2D eigenvalue weighted by atomic mass is 10.1. The van der Waals surface area contributed by atoms with Gasteiger partial charge in [0.15, 0.2) is 0 Å². The van der Waals surface area contributed by atoms with E-state index in [1.807, 2.05) is 6.07 Å². The van der Waals surface area contributed by atoms with Gasteiger partial charge in [0.25, 0.3) is 0 Å². The van der Waals surface area contributed by atoms with Gasteiger partial charge in [-0.1, -0.05) is 15.9 Å². The number of halogens is 1. The second-order valence-electron chi connectivity index (χ2n) is 2.71. The average molecular weight is 271 g/mol. The lowest BCUT2D eigenvalue weighted by Crippen LogP contribution is -1.98. The van der Waals surface area contributed by atoms with Crippen LogP contribution in [0.4, 0.5) is 5.69 Å². The number of benzene rings is 1. The van der Waals surface area contributed by atoms with Gasteiger partial charge in [-0.3, -0.25) is 10.1 Å². The molecule has 0 amide bonds. The zero-order valence-corrected chi connectivity index (χ0v) is 9.44. The molecule has 6 heteroatoms. The standard InChI is InChI=1S/C9H7BrN2O3/c1-15-9-6(2-3-11)4-7(10)5-8(9)12(13)14/h4-5H,2H2,1H3. The lowest BCUT2D eigenvalue weighted by Gasteiger charge is -2.06. The minimum absolute atomic E-state index is 0.0729. The first kappa shape index (κ1) is 11.5. The maximum Gasteiger partial charge on any atom is 0.312 e. The Hall–Kier alpha value is -1.61. The molecule has 0 heterocycles. The third-order valence-corrected chi connectivity index (χ3v) is 2.24. The second kappa shape index (κ2) is 4.75. The zero-order chi connectivity index (χ0) is 11.4. The highest BCUT2D eigenvalue weighted by Gasteiger charge is 2.19. The molecule has 0 atom stereocenters. The summed E-state index contributed by atoms with van der Waals surface area (Å²) in [5.41, 5.74) is 0.359. The minimum Gasteiger partial charge on any atom is -0.490 e. The summed E-state index contributed by atoms with van der Waals surface area (Å²) in [4.78, 5) is 10.2. The molecule has 0 N–H and O–H groups in total. The maximum absolute atomic E-state index is 10.7. The highest BCUT2D eigenvalue weighted by Crippen LogP contribution is 2.34. The minimum atomic E-state index is -0.537. The van der Waals surface area contributed by atoms with Gasteiger partial charge >= 0.3 is 5.69 Å². The molecule has 0 aliphatic heterocycles. The van der Waals surface area contributed by atoms with Crippen LogP contribution in [0, 0.1) is 21.4 Å². The van der Waals surface area contributed by atoms with Crippen LogP contribution in [0.2, 0.25) is 0 Å². The van der Waals surface area contributed by atoms with Crippen LogP contribution in [0.25, 0.3) is 0 Å². The normalized spacial score (nSPS) is 9.40. The number of methoxy groups -OCH3 is 1. The van der Waals surface area contributed by atoms with Crippen molar-refractivity contribution in [3.8, 4) is 11.8 Å². The summed E-state index contributed by atoms with van der Waals surface area (Å²) in [5.74, 6) is 0.143. The first-order valence-electron chi connectivity index (χ1n) is 3.98. The number of nitriles is 1. The SMILES string of the molecule is COc1c(CC#N)cc(Br)cc1[N+](=O)[O-]. The zero-order valence-electron chi connectivity index (χ0n) is 7.86. The fraction of sp³-hybridized carbons (Fsp3) is 0.222. The molecule has 0 radical (unpaired) electrons. The molecule has 1 aromatic rings. The van der Waals surface area contributed by atoms with E-state index in [1.165, 1.54) is 13.2 Å². The average Bonchev–Trinajstić information content (AvgIpc) is 2.17. The summed E-state index contributed by atoms with van der Waals surface area (Å²) in [5, 5.41) is 19.3. The molecule has 0 bridgehead atoms. The third-order valence-electron chi connectivity index (χ3n) is 1.78. The van der Waals surface area contributed by atoms with E-state index in [0.29, 0.717) is 10.0 Å². The van der Waals surface area contributed by atoms with Gasteiger partial charge in [0.1, 0.15) is 0 Å². The number of nitro groups is 1. The highest BCUT2D eigenvalue weighted by atomic mass is 79.9. The Morgan fingerprint density at radius 3 is 2.80 bits per heavy atom. The van der Waals surface area contributed by atoms with Crippen molar-refractivity contribution in [1.82, 2.24) is 0 Å². The summed E-state index contributed by atoms with van der Waals surface area (Å²) in [6.45, 7) is 0. The van der Waals surface area contributed by atoms with Gasteiger partial charge in [0, 0.05) is 16.1 Å². The van der Waals surface area contributed by atoms with Crippen molar-refractivity contribution in [1.29, 1.82) is 5.26 Å². The Labute approximate surface area is 94.6 Å². The number of hydrogen-bond acceptors (Lipinski definition) is 4. The molecule has 0 unspecified atom stereocenters. The van der Waals surface area contributed by atoms with Crippen LogP contribution in [0.15, 0.2) is 16.6 Å². The Morgan fingerprint density at radius 1 is 1.67 bits per heavy atom. The van der Waals surface area contributed by atoms with Crippen molar-refractivity contribution in [2.24, 2.45) is 0 Å². The Kier molecular flexibility index (Phi) is 3.63. The van der Waals surface area contributed by atoms with Crippen LogP contribution in [0.1, 0.15) is 5.56 Å². The van der Waals surface area contributed by atoms with Crippen molar-refractivity contribution in [3.05, 3.63) is 32.3 Å². The molecule has 0 saturated carbocycles. The molecule has 0 aliphatic rings. The third kappa shape index (κ3) is 2.44. The number of rotatable bonds is 3. The molecule has 78 valence electrons. The van der Waals surface area contributed by atoms with Gasteiger partial charge in [0.2, 0.25) is 5.75 Å². The monoisotopic (exact) mass is 270 g/mol. The van der Waals surface area contributed by atoms with Crippen molar-refractivity contribution in [2.75, 3.05) is 7.11 Å². The van der Waals surface area contributed by atoms with E-state index in [9.17, 15) is 10.1 Å². The molecule has 0 saturated heterocycles. The summed E-state index contributed by atoms with van der Waals surface area (Å²) in [6.07, 6.45) is 0.0729. The lowest BCUT2D eigenvalue weighted by molar-refractivity contribution is -0.385. The van der Waals surface area contributed by atoms with E-state index < -0.39 is 4.92 Å². The van der Waals surface area contributed by atoms with Crippen LogP contribution in [0.5, 0.6) is 5.75 Å². The highest BCUT2D eigenvalue weighted by molar-refractivity contribution is 9.10. The van der Waals surface area contributed by atoms with Gasteiger partial charge in [0.05, 0.1) is 24.5 Å². The number of ether oxygens (including phenoxy) is 1. The van der Waals surface area contributed by atoms with Crippen LogP contribution >= 0.6 is 15.9 Å². The van der Waals surface area contributed by atoms with E-state index in [2.05, 4.69) is 15.9 Å². The predicted molar refractivity (Wildman–Crippen MR) is 56.7 cm³/mol. The Balaban J connectivity index is 3.39. The molecule has 1 rings (SSSR count). The smallest absolute Gasteiger partial charge is 0.312 e. The van der Waals surface area contributed by atoms with Gasteiger partial charge < -0.3 is 4.74 Å². The molecular weight excluding hydrogens is 264 g/mol. The fourth-order valence-corrected chi connectivity index (χ4v) is 1.72. The fourth-order valence-electron chi connectivity index (χ4n) is 1.22. The van der Waals surface area contributed by atoms with Crippen LogP contribution in [0.3, 0.4) is 0 Å². The molecule has 15 heavy (non-hydrogen) atoms. The Morgan fingerprint density at radius 2 is 2.33 bits per heavy atom. The van der Waals surface area contributed by atoms with E-state index in [4.69, 9.17) is 10.00 Å². The van der Waals surface area contributed by atoms with E-state index in [-0.39, 0.29) is 17.9 Å². The predicted octanol–water partition coefficient (Wildman–Crippen LogP) is 2.43. The molecule has 0 fully saturated rings. The van der Waals surface area contributed by atoms with Crippen LogP contribution in [-0.2, 0) is 6.42 Å². The van der Waals surface area contributed by atoms with Crippen molar-refractivity contribution in [3.63, 3.8) is 0 Å². The second-order valence-corrected chi connectivity index (χ2v) is 3.62. The van der Waals surface area contributed by atoms with Crippen molar-refractivity contribution >= 4 is 21.6 Å². The van der Waals surface area contributed by atoms with Crippen LogP contribution < -0.4 is 4.74 Å². The Bertz CT molecular complexity index is 440. The summed E-state index contributed by atoms with van der Waals surface area (Å²) < 4.78 is 5.49. The van der Waals surface area contributed by atoms with Gasteiger partial charge in [-0.25, -0.2) is 0 Å². The van der Waals surface area contributed by atoms with E-state index >= 15 is 0 Å². The van der Waals surface area contributed by atoms with Gasteiger partial charge in [-0.05, 0) is 6.07 Å². The molecule has 0 aliphatic carbocycles. The quantitative estimate of drug-likeness (QED) is 0.624. The molecule has 0 spiro atoms. The summed E-state index contributed by atoms with van der Waals surface area (Å²) in [6, 6.07) is 4.91.